The monoisotopic (exact) mass is 363 g/mol. The summed E-state index contributed by atoms with van der Waals surface area (Å²) < 4.78 is 0. The van der Waals surface area contributed by atoms with Crippen LogP contribution in [-0.2, 0) is 17.6 Å². The molecule has 0 saturated carbocycles. The van der Waals surface area contributed by atoms with E-state index in [-0.39, 0.29) is 11.8 Å². The van der Waals surface area contributed by atoms with Gasteiger partial charge in [-0.1, -0.05) is 0 Å². The van der Waals surface area contributed by atoms with Gasteiger partial charge in [0.1, 0.15) is 0 Å². The maximum absolute atomic E-state index is 13.1. The first-order valence-electron chi connectivity index (χ1n) is 9.48. The van der Waals surface area contributed by atoms with Crippen molar-refractivity contribution in [3.05, 3.63) is 47.3 Å². The first-order valence-corrected chi connectivity index (χ1v) is 9.48. The topological polar surface area (TPSA) is 69.6 Å². The number of amides is 2. The van der Waals surface area contributed by atoms with E-state index in [2.05, 4.69) is 14.9 Å². The van der Waals surface area contributed by atoms with Gasteiger partial charge < -0.3 is 14.7 Å². The minimum absolute atomic E-state index is 0.0815. The zero-order chi connectivity index (χ0) is 18.4. The molecule has 3 aliphatic heterocycles. The third kappa shape index (κ3) is 2.74. The van der Waals surface area contributed by atoms with Crippen molar-refractivity contribution in [2.75, 3.05) is 42.5 Å². The Kier molecular flexibility index (Phi) is 3.81. The van der Waals surface area contributed by atoms with Crippen LogP contribution in [0.2, 0.25) is 0 Å². The van der Waals surface area contributed by atoms with Crippen LogP contribution in [-0.4, -0.2) is 59.4 Å². The summed E-state index contributed by atoms with van der Waals surface area (Å²) in [4.78, 5) is 39.6. The van der Waals surface area contributed by atoms with Gasteiger partial charge in [0.05, 0.1) is 5.69 Å². The summed E-state index contributed by atoms with van der Waals surface area (Å²) in [5, 5.41) is 0. The smallest absolute Gasteiger partial charge is 0.253 e. The summed E-state index contributed by atoms with van der Waals surface area (Å²) in [6.45, 7) is 3.53. The minimum atomic E-state index is 0.0815. The second kappa shape index (κ2) is 6.33. The van der Waals surface area contributed by atoms with Gasteiger partial charge in [0.2, 0.25) is 11.9 Å². The molecule has 1 aromatic carbocycles. The van der Waals surface area contributed by atoms with Crippen molar-refractivity contribution in [3.63, 3.8) is 0 Å². The Balaban J connectivity index is 1.33. The van der Waals surface area contributed by atoms with Crippen LogP contribution in [0.3, 0.4) is 0 Å². The number of aryl methyl sites for hydroxylation is 1. The quantitative estimate of drug-likeness (QED) is 0.804. The van der Waals surface area contributed by atoms with Crippen molar-refractivity contribution in [2.24, 2.45) is 0 Å². The molecule has 0 bridgehead atoms. The van der Waals surface area contributed by atoms with Crippen molar-refractivity contribution >= 4 is 23.5 Å². The fourth-order valence-corrected chi connectivity index (χ4v) is 4.33. The highest BCUT2D eigenvalue weighted by molar-refractivity contribution is 6.01. The van der Waals surface area contributed by atoms with Crippen LogP contribution in [0.15, 0.2) is 30.6 Å². The van der Waals surface area contributed by atoms with E-state index in [0.717, 1.165) is 60.8 Å². The second-order valence-electron chi connectivity index (χ2n) is 7.27. The van der Waals surface area contributed by atoms with Gasteiger partial charge in [0, 0.05) is 57.1 Å². The molecule has 5 rings (SSSR count). The largest absolute Gasteiger partial charge is 0.337 e. The van der Waals surface area contributed by atoms with Crippen LogP contribution in [0.5, 0.6) is 0 Å². The maximum Gasteiger partial charge on any atom is 0.253 e. The third-order valence-electron chi connectivity index (χ3n) is 5.70. The van der Waals surface area contributed by atoms with Crippen LogP contribution in [0.25, 0.3) is 0 Å². The SMILES string of the molecule is O=C(c1cc2c3c(c1)CCN3C(=O)CC2)N1CCN(c2ncccn2)CC1. The fourth-order valence-electron chi connectivity index (χ4n) is 4.33. The normalized spacial score (nSPS) is 18.7. The average Bonchev–Trinajstić information content (AvgIpc) is 3.16. The summed E-state index contributed by atoms with van der Waals surface area (Å²) in [5.74, 6) is 1.01. The number of anilines is 2. The van der Waals surface area contributed by atoms with Gasteiger partial charge in [-0.25, -0.2) is 9.97 Å². The van der Waals surface area contributed by atoms with Gasteiger partial charge >= 0.3 is 0 Å². The molecule has 3 aliphatic rings. The lowest BCUT2D eigenvalue weighted by atomic mass is 9.96. The molecule has 1 aromatic heterocycles. The van der Waals surface area contributed by atoms with Crippen molar-refractivity contribution < 1.29 is 9.59 Å². The Morgan fingerprint density at radius 1 is 0.889 bits per heavy atom. The molecule has 1 fully saturated rings. The van der Waals surface area contributed by atoms with E-state index in [0.29, 0.717) is 19.5 Å². The second-order valence-corrected chi connectivity index (χ2v) is 7.27. The lowest BCUT2D eigenvalue weighted by Crippen LogP contribution is -2.49. The molecule has 7 heteroatoms. The Bertz CT molecular complexity index is 906. The number of nitrogens with zero attached hydrogens (tertiary/aromatic N) is 5. The number of hydrogen-bond donors (Lipinski definition) is 0. The molecule has 0 atom stereocenters. The molecule has 0 spiro atoms. The molecule has 4 heterocycles. The van der Waals surface area contributed by atoms with Crippen molar-refractivity contribution in [1.29, 1.82) is 0 Å². The van der Waals surface area contributed by atoms with Crippen LogP contribution >= 0.6 is 0 Å². The lowest BCUT2D eigenvalue weighted by molar-refractivity contribution is -0.118. The number of hydrogen-bond acceptors (Lipinski definition) is 5. The summed E-state index contributed by atoms with van der Waals surface area (Å²) in [6.07, 6.45) is 5.60. The molecule has 0 N–H and O–H groups in total. The predicted molar refractivity (Wildman–Crippen MR) is 101 cm³/mol. The Labute approximate surface area is 157 Å². The van der Waals surface area contributed by atoms with Crippen molar-refractivity contribution in [2.45, 2.75) is 19.3 Å². The van der Waals surface area contributed by atoms with E-state index >= 15 is 0 Å². The van der Waals surface area contributed by atoms with Gasteiger partial charge in [-0.3, -0.25) is 9.59 Å². The number of carbonyl (C=O) groups excluding carboxylic acids is 2. The van der Waals surface area contributed by atoms with Gasteiger partial charge in [-0.15, -0.1) is 0 Å². The predicted octanol–water partition coefficient (Wildman–Crippen LogP) is 1.27. The molecule has 2 amide bonds. The van der Waals surface area contributed by atoms with Gasteiger partial charge in [0.15, 0.2) is 0 Å². The maximum atomic E-state index is 13.1. The van der Waals surface area contributed by atoms with Crippen LogP contribution < -0.4 is 9.80 Å². The van der Waals surface area contributed by atoms with Gasteiger partial charge in [-0.2, -0.15) is 0 Å². The number of piperazine rings is 1. The van der Waals surface area contributed by atoms with E-state index in [9.17, 15) is 9.59 Å². The summed E-state index contributed by atoms with van der Waals surface area (Å²) >= 11 is 0. The molecule has 27 heavy (non-hydrogen) atoms. The van der Waals surface area contributed by atoms with Gasteiger partial charge in [0.25, 0.3) is 5.91 Å². The lowest BCUT2D eigenvalue weighted by Gasteiger charge is -2.35. The van der Waals surface area contributed by atoms with Crippen LogP contribution in [0, 0.1) is 0 Å². The molecule has 2 aromatic rings. The zero-order valence-corrected chi connectivity index (χ0v) is 15.1. The highest BCUT2D eigenvalue weighted by atomic mass is 16.2. The molecule has 1 saturated heterocycles. The van der Waals surface area contributed by atoms with Crippen molar-refractivity contribution in [3.8, 4) is 0 Å². The summed E-state index contributed by atoms with van der Waals surface area (Å²) in [6, 6.07) is 5.79. The Morgan fingerprint density at radius 2 is 1.59 bits per heavy atom. The van der Waals surface area contributed by atoms with E-state index in [4.69, 9.17) is 0 Å². The number of aromatic nitrogens is 2. The molecule has 7 nitrogen and oxygen atoms in total. The minimum Gasteiger partial charge on any atom is -0.337 e. The average molecular weight is 363 g/mol. The van der Waals surface area contributed by atoms with E-state index < -0.39 is 0 Å². The van der Waals surface area contributed by atoms with E-state index in [1.807, 2.05) is 21.9 Å². The standard InChI is InChI=1S/C20H21N5O2/c26-17-3-2-14-12-16(13-15-4-7-25(17)18(14)15)19(27)23-8-10-24(11-9-23)20-21-5-1-6-22-20/h1,5-6,12-13H,2-4,7-11H2. The third-order valence-corrected chi connectivity index (χ3v) is 5.70. The van der Waals surface area contributed by atoms with Crippen LogP contribution in [0.1, 0.15) is 27.9 Å². The molecular formula is C20H21N5O2. The fraction of sp³-hybridized carbons (Fsp3) is 0.400. The number of rotatable bonds is 2. The Morgan fingerprint density at radius 3 is 2.33 bits per heavy atom. The molecule has 0 radical (unpaired) electrons. The summed E-state index contributed by atoms with van der Waals surface area (Å²) in [5.41, 5.74) is 4.10. The van der Waals surface area contributed by atoms with Crippen molar-refractivity contribution in [1.82, 2.24) is 14.9 Å². The first-order chi connectivity index (χ1) is 13.2. The molecule has 0 unspecified atom stereocenters. The zero-order valence-electron chi connectivity index (χ0n) is 15.1. The van der Waals surface area contributed by atoms with E-state index in [1.165, 1.54) is 0 Å². The molecule has 0 aliphatic carbocycles. The molecular weight excluding hydrogens is 342 g/mol. The number of benzene rings is 1. The highest BCUT2D eigenvalue weighted by Gasteiger charge is 2.33. The number of carbonyl (C=O) groups is 2. The first kappa shape index (κ1) is 16.2. The molecule has 138 valence electrons. The Hall–Kier alpha value is -2.96. The van der Waals surface area contributed by atoms with E-state index in [1.54, 1.807) is 18.5 Å². The van der Waals surface area contributed by atoms with Crippen LogP contribution in [0.4, 0.5) is 11.6 Å². The highest BCUT2D eigenvalue weighted by Crippen LogP contribution is 2.37. The summed E-state index contributed by atoms with van der Waals surface area (Å²) in [7, 11) is 0. The van der Waals surface area contributed by atoms with Gasteiger partial charge in [-0.05, 0) is 42.2 Å².